The molecule has 0 radical (unpaired) electrons. The maximum Gasteiger partial charge on any atom is 0.223 e. The number of aliphatic hydroxyl groups is 2. The smallest absolute Gasteiger partial charge is 0.223 e. The number of aliphatic hydroxyl groups excluding tert-OH is 2. The summed E-state index contributed by atoms with van der Waals surface area (Å²) >= 11 is 6.63. The normalized spacial score (nSPS) is 35.9. The molecule has 3 N–H and O–H groups in total. The number of hydrogen-bond acceptors (Lipinski definition) is 8. The number of amides is 1. The van der Waals surface area contributed by atoms with E-state index in [0.29, 0.717) is 36.1 Å². The van der Waals surface area contributed by atoms with Gasteiger partial charge in [-0.15, -0.1) is 6.58 Å². The summed E-state index contributed by atoms with van der Waals surface area (Å²) in [6.45, 7) is 12.6. The number of nitrogens with one attached hydrogen (secondary N) is 1. The van der Waals surface area contributed by atoms with Gasteiger partial charge in [-0.3, -0.25) is 9.59 Å². The van der Waals surface area contributed by atoms with E-state index in [-0.39, 0.29) is 24.7 Å². The molecule has 2 aliphatic heterocycles. The Hall–Kier alpha value is -2.04. The quantitative estimate of drug-likeness (QED) is 0.392. The van der Waals surface area contributed by atoms with Crippen molar-refractivity contribution in [3.8, 4) is 0 Å². The minimum Gasteiger partial charge on any atom is -0.449 e. The van der Waals surface area contributed by atoms with Crippen LogP contribution in [0.3, 0.4) is 0 Å². The Morgan fingerprint density at radius 1 is 1.32 bits per heavy atom. The van der Waals surface area contributed by atoms with E-state index >= 15 is 0 Å². The van der Waals surface area contributed by atoms with Crippen LogP contribution in [0.15, 0.2) is 28.4 Å². The number of nitrogens with zero attached hydrogens (tertiary/aromatic N) is 1. The minimum atomic E-state index is -1.31. The summed E-state index contributed by atoms with van der Waals surface area (Å²) in [5, 5.41) is 25.2. The van der Waals surface area contributed by atoms with Gasteiger partial charge in [-0.25, -0.2) is 4.98 Å². The van der Waals surface area contributed by atoms with E-state index in [1.807, 2.05) is 6.92 Å². The molecule has 0 saturated carbocycles. The molecule has 9 nitrogen and oxygen atoms in total. The second kappa shape index (κ2) is 11.8. The number of fused-ring (bicyclic) bond motifs is 1. The number of carbonyl (C=O) groups is 2. The highest BCUT2D eigenvalue weighted by atomic mass is 35.5. The zero-order valence-corrected chi connectivity index (χ0v) is 23.0. The Morgan fingerprint density at radius 2 is 2.03 bits per heavy atom. The molecule has 0 unspecified atom stereocenters. The van der Waals surface area contributed by atoms with Gasteiger partial charge in [0.1, 0.15) is 17.7 Å². The van der Waals surface area contributed by atoms with Crippen molar-refractivity contribution in [3.63, 3.8) is 0 Å². The third-order valence-electron chi connectivity index (χ3n) is 7.55. The van der Waals surface area contributed by atoms with Gasteiger partial charge in [0.25, 0.3) is 0 Å². The predicted octanol–water partition coefficient (Wildman–Crippen LogP) is 3.30. The van der Waals surface area contributed by atoms with Crippen LogP contribution < -0.4 is 5.32 Å². The fraction of sp³-hybridized carbons (Fsp3) is 0.667. The molecule has 2 aliphatic rings. The minimum absolute atomic E-state index is 0.188. The summed E-state index contributed by atoms with van der Waals surface area (Å²) in [6.07, 6.45) is 2.28. The Bertz CT molecular complexity index is 1020. The van der Waals surface area contributed by atoms with E-state index in [9.17, 15) is 19.8 Å². The predicted molar refractivity (Wildman–Crippen MR) is 139 cm³/mol. The summed E-state index contributed by atoms with van der Waals surface area (Å²) in [6, 6.07) is -0.605. The lowest BCUT2D eigenvalue weighted by Crippen LogP contribution is -2.49. The number of ether oxygens (including phenoxy) is 2. The second-order valence-electron chi connectivity index (χ2n) is 10.8. The fourth-order valence-corrected chi connectivity index (χ4v) is 4.99. The average molecular weight is 539 g/mol. The highest BCUT2D eigenvalue weighted by molar-refractivity contribution is 6.32. The van der Waals surface area contributed by atoms with E-state index < -0.39 is 47.2 Å². The molecule has 0 spiro atoms. The maximum atomic E-state index is 13.5. The van der Waals surface area contributed by atoms with Gasteiger partial charge in [-0.05, 0) is 26.3 Å². The van der Waals surface area contributed by atoms with Crippen LogP contribution in [0.25, 0.3) is 6.08 Å². The Kier molecular flexibility index (Phi) is 9.40. The third-order valence-corrected chi connectivity index (χ3v) is 7.92. The first-order chi connectivity index (χ1) is 17.3. The van der Waals surface area contributed by atoms with Gasteiger partial charge >= 0.3 is 0 Å². The lowest BCUT2D eigenvalue weighted by atomic mass is 9.72. The number of allylic oxidation sites excluding steroid dienone is 1. The molecule has 1 aromatic heterocycles. The maximum absolute atomic E-state index is 13.5. The van der Waals surface area contributed by atoms with Crippen LogP contribution in [0.1, 0.15) is 65.0 Å². The SMILES string of the molecule is C=CC[C@H]1C(=O)C(C)(C)[C@@H](O)CC(=O)N[C@H](C(Cl)=Cc2coc(C)n2)C[C@@H]2O[C@]2(C)CCO[C@H](C)[C@H]1O. The molecule has 10 heteroatoms. The second-order valence-corrected chi connectivity index (χ2v) is 11.3. The summed E-state index contributed by atoms with van der Waals surface area (Å²) in [5.74, 6) is -1.19. The Labute approximate surface area is 223 Å². The lowest BCUT2D eigenvalue weighted by Gasteiger charge is -2.35. The van der Waals surface area contributed by atoms with Crippen LogP contribution in [0, 0.1) is 18.3 Å². The van der Waals surface area contributed by atoms with Crippen molar-refractivity contribution >= 4 is 29.4 Å². The standard InChI is InChI=1S/C27H39ClN2O7/c1-7-8-18-24(33)15(2)35-10-9-27(6)22(37-27)12-20(19(28)11-17-14-36-16(3)29-17)30-23(32)13-21(31)26(4,5)25(18)34/h7,11,14-15,18,20-22,24,31,33H,1,8-10,12-13H2,2-6H3,(H,30,32)/t15-,18-,20+,21+,22+,24-,27-/m1/s1. The molecule has 206 valence electrons. The molecule has 2 fully saturated rings. The van der Waals surface area contributed by atoms with E-state index in [1.165, 1.54) is 6.26 Å². The topological polar surface area (TPSA) is 134 Å². The van der Waals surface area contributed by atoms with Gasteiger partial charge in [0.15, 0.2) is 5.89 Å². The summed E-state index contributed by atoms with van der Waals surface area (Å²) in [5.41, 5.74) is -1.28. The molecule has 1 aromatic rings. The van der Waals surface area contributed by atoms with Crippen molar-refractivity contribution in [3.05, 3.63) is 35.5 Å². The van der Waals surface area contributed by atoms with Gasteiger partial charge in [0.05, 0.1) is 53.8 Å². The largest absolute Gasteiger partial charge is 0.449 e. The van der Waals surface area contributed by atoms with Crippen molar-refractivity contribution in [2.24, 2.45) is 11.3 Å². The molecule has 3 rings (SSSR count). The highest BCUT2D eigenvalue weighted by Crippen LogP contribution is 2.43. The molecule has 0 aromatic carbocycles. The van der Waals surface area contributed by atoms with Crippen LogP contribution in [0.5, 0.6) is 0 Å². The van der Waals surface area contributed by atoms with Gasteiger partial charge in [0.2, 0.25) is 5.91 Å². The van der Waals surface area contributed by atoms with E-state index in [2.05, 4.69) is 16.9 Å². The van der Waals surface area contributed by atoms with Crippen molar-refractivity contribution in [1.29, 1.82) is 0 Å². The molecule has 1 amide bonds. The highest BCUT2D eigenvalue weighted by Gasteiger charge is 2.53. The van der Waals surface area contributed by atoms with E-state index in [1.54, 1.807) is 39.8 Å². The number of Topliss-reactive ketones (excluding diaryl/α,β-unsaturated/α-hetero) is 1. The van der Waals surface area contributed by atoms with Crippen LogP contribution >= 0.6 is 11.6 Å². The molecule has 7 atom stereocenters. The zero-order valence-electron chi connectivity index (χ0n) is 22.2. The molecule has 0 bridgehead atoms. The van der Waals surface area contributed by atoms with Gasteiger partial charge in [-0.2, -0.15) is 0 Å². The van der Waals surface area contributed by atoms with Crippen molar-refractivity contribution < 1.29 is 33.7 Å². The number of aromatic nitrogens is 1. The molecule has 3 heterocycles. The lowest BCUT2D eigenvalue weighted by molar-refractivity contribution is -0.147. The first-order valence-electron chi connectivity index (χ1n) is 12.7. The number of rotatable bonds is 4. The number of hydrogen-bond donors (Lipinski definition) is 3. The number of carbonyl (C=O) groups excluding carboxylic acids is 2. The van der Waals surface area contributed by atoms with Crippen LogP contribution in [-0.4, -0.2) is 69.6 Å². The zero-order chi connectivity index (χ0) is 27.5. The van der Waals surface area contributed by atoms with Crippen LogP contribution in [-0.2, 0) is 19.1 Å². The molecule has 37 heavy (non-hydrogen) atoms. The number of aryl methyl sites for hydroxylation is 1. The number of oxazole rings is 1. The fourth-order valence-electron chi connectivity index (χ4n) is 4.73. The van der Waals surface area contributed by atoms with Gasteiger partial charge in [-0.1, -0.05) is 31.5 Å². The van der Waals surface area contributed by atoms with Crippen LogP contribution in [0.2, 0.25) is 0 Å². The van der Waals surface area contributed by atoms with Gasteiger partial charge in [0, 0.05) is 31.4 Å². The van der Waals surface area contributed by atoms with E-state index in [4.69, 9.17) is 25.5 Å². The molecule has 2 saturated heterocycles. The summed E-state index contributed by atoms with van der Waals surface area (Å²) in [4.78, 5) is 30.8. The molecular weight excluding hydrogens is 500 g/mol. The first kappa shape index (κ1) is 29.5. The van der Waals surface area contributed by atoms with E-state index in [0.717, 1.165) is 0 Å². The first-order valence-corrected chi connectivity index (χ1v) is 13.1. The monoisotopic (exact) mass is 538 g/mol. The van der Waals surface area contributed by atoms with Crippen molar-refractivity contribution in [2.75, 3.05) is 6.61 Å². The Balaban J connectivity index is 1.88. The van der Waals surface area contributed by atoms with Crippen LogP contribution in [0.4, 0.5) is 0 Å². The van der Waals surface area contributed by atoms with Crippen molar-refractivity contribution in [1.82, 2.24) is 10.3 Å². The summed E-state index contributed by atoms with van der Waals surface area (Å²) < 4.78 is 17.1. The number of epoxide rings is 1. The number of halogens is 1. The van der Waals surface area contributed by atoms with Crippen molar-refractivity contribution in [2.45, 2.75) is 96.4 Å². The molecule has 0 aliphatic carbocycles. The summed E-state index contributed by atoms with van der Waals surface area (Å²) in [7, 11) is 0. The Morgan fingerprint density at radius 3 is 2.65 bits per heavy atom. The average Bonchev–Trinajstić information content (AvgIpc) is 3.27. The third kappa shape index (κ3) is 7.09. The van der Waals surface area contributed by atoms with Gasteiger partial charge < -0.3 is 29.4 Å². The number of ketones is 1. The molecular formula is C27H39ClN2O7.